The van der Waals surface area contributed by atoms with E-state index >= 15 is 0 Å². The summed E-state index contributed by atoms with van der Waals surface area (Å²) in [6.07, 6.45) is 3.18. The molecule has 94 valence electrons. The third-order valence-corrected chi connectivity index (χ3v) is 2.84. The Labute approximate surface area is 100 Å². The molecule has 0 amide bonds. The topological polar surface area (TPSA) is 95.0 Å². The van der Waals surface area contributed by atoms with Gasteiger partial charge in [0, 0.05) is 18.8 Å². The summed E-state index contributed by atoms with van der Waals surface area (Å²) < 4.78 is 0. The second-order valence-electron chi connectivity index (χ2n) is 4.41. The molecule has 0 saturated heterocycles. The lowest BCUT2D eigenvalue weighted by atomic mass is 10.0. The fourth-order valence-electron chi connectivity index (χ4n) is 1.36. The van der Waals surface area contributed by atoms with Crippen molar-refractivity contribution in [3.05, 3.63) is 24.0 Å². The first-order chi connectivity index (χ1) is 7.94. The maximum Gasteiger partial charge on any atom is 0.172 e. The number of nitrogens with zero attached hydrogens (tertiary/aromatic N) is 3. The number of rotatable bonds is 4. The monoisotopic (exact) mass is 238 g/mol. The zero-order chi connectivity index (χ0) is 13.1. The lowest BCUT2D eigenvalue weighted by molar-refractivity contribution is 0.216. The molecular formula is C11H18N4O2. The summed E-state index contributed by atoms with van der Waals surface area (Å²) in [6, 6.07) is 1.66. The van der Waals surface area contributed by atoms with Gasteiger partial charge in [-0.1, -0.05) is 5.16 Å². The fourth-order valence-corrected chi connectivity index (χ4v) is 1.36. The van der Waals surface area contributed by atoms with Crippen molar-refractivity contribution >= 4 is 11.5 Å². The number of nitrogens with two attached hydrogens (primary N) is 1. The molecule has 1 heterocycles. The van der Waals surface area contributed by atoms with Crippen molar-refractivity contribution in [2.24, 2.45) is 10.9 Å². The zero-order valence-corrected chi connectivity index (χ0v) is 10.3. The summed E-state index contributed by atoms with van der Waals surface area (Å²) in [4.78, 5) is 5.86. The summed E-state index contributed by atoms with van der Waals surface area (Å²) >= 11 is 0. The average Bonchev–Trinajstić information content (AvgIpc) is 2.36. The fraction of sp³-hybridized carbons (Fsp3) is 0.455. The van der Waals surface area contributed by atoms with Gasteiger partial charge in [0.2, 0.25) is 0 Å². The summed E-state index contributed by atoms with van der Waals surface area (Å²) in [5.74, 6) is 0.0167. The van der Waals surface area contributed by atoms with E-state index in [1.807, 2.05) is 25.8 Å². The molecule has 0 unspecified atom stereocenters. The van der Waals surface area contributed by atoms with Gasteiger partial charge in [-0.25, -0.2) is 0 Å². The van der Waals surface area contributed by atoms with Crippen LogP contribution in [0.25, 0.3) is 0 Å². The molecule has 0 aliphatic heterocycles. The molecule has 0 aliphatic rings. The largest absolute Gasteiger partial charge is 0.409 e. The van der Waals surface area contributed by atoms with Gasteiger partial charge in [-0.05, 0) is 19.9 Å². The van der Waals surface area contributed by atoms with Crippen molar-refractivity contribution in [2.75, 3.05) is 18.6 Å². The van der Waals surface area contributed by atoms with E-state index in [4.69, 9.17) is 10.9 Å². The molecule has 0 aromatic carbocycles. The highest BCUT2D eigenvalue weighted by atomic mass is 16.4. The third kappa shape index (κ3) is 2.65. The van der Waals surface area contributed by atoms with Gasteiger partial charge in [-0.3, -0.25) is 4.98 Å². The van der Waals surface area contributed by atoms with Gasteiger partial charge in [0.25, 0.3) is 0 Å². The van der Waals surface area contributed by atoms with Crippen LogP contribution in [0.5, 0.6) is 0 Å². The van der Waals surface area contributed by atoms with E-state index in [1.165, 1.54) is 0 Å². The molecule has 6 heteroatoms. The van der Waals surface area contributed by atoms with Crippen molar-refractivity contribution in [3.63, 3.8) is 0 Å². The molecule has 1 aromatic heterocycles. The molecular weight excluding hydrogens is 220 g/mol. The third-order valence-electron chi connectivity index (χ3n) is 2.84. The molecule has 1 rings (SSSR count). The van der Waals surface area contributed by atoms with Crippen molar-refractivity contribution in [1.29, 1.82) is 0 Å². The Hall–Kier alpha value is -1.82. The minimum atomic E-state index is -0.465. The predicted molar refractivity (Wildman–Crippen MR) is 66.3 cm³/mol. The summed E-state index contributed by atoms with van der Waals surface area (Å²) in [5.41, 5.74) is 6.41. The molecule has 0 bridgehead atoms. The standard InChI is InChI=1S/C11H18N4O2/c1-11(2,7-16)15(3)9-6-13-5-4-8(9)10(12)14-17/h4-6,16-17H,7H2,1-3H3,(H2,12,14). The normalized spacial score (nSPS) is 12.6. The number of hydrogen-bond acceptors (Lipinski definition) is 5. The van der Waals surface area contributed by atoms with E-state index in [-0.39, 0.29) is 12.4 Å². The van der Waals surface area contributed by atoms with E-state index in [0.717, 1.165) is 0 Å². The Bertz CT molecular complexity index is 418. The minimum absolute atomic E-state index is 0.0167. The first kappa shape index (κ1) is 13.2. The number of aliphatic hydroxyl groups is 1. The molecule has 6 nitrogen and oxygen atoms in total. The van der Waals surface area contributed by atoms with Crippen molar-refractivity contribution in [2.45, 2.75) is 19.4 Å². The Morgan fingerprint density at radius 1 is 1.59 bits per heavy atom. The molecule has 17 heavy (non-hydrogen) atoms. The number of oxime groups is 1. The second kappa shape index (κ2) is 5.01. The Morgan fingerprint density at radius 3 is 2.76 bits per heavy atom. The first-order valence-corrected chi connectivity index (χ1v) is 5.20. The second-order valence-corrected chi connectivity index (χ2v) is 4.41. The van der Waals surface area contributed by atoms with Crippen LogP contribution in [0.4, 0.5) is 5.69 Å². The smallest absolute Gasteiger partial charge is 0.172 e. The highest BCUT2D eigenvalue weighted by molar-refractivity contribution is 6.02. The minimum Gasteiger partial charge on any atom is -0.409 e. The molecule has 0 aliphatic carbocycles. The molecule has 0 saturated carbocycles. The predicted octanol–water partition coefficient (Wildman–Crippen LogP) is 0.383. The van der Waals surface area contributed by atoms with Crippen LogP contribution in [0.1, 0.15) is 19.4 Å². The van der Waals surface area contributed by atoms with Crippen LogP contribution in [-0.4, -0.2) is 40.3 Å². The molecule has 0 radical (unpaired) electrons. The SMILES string of the molecule is CN(c1cnccc1/C(N)=N/O)C(C)(C)CO. The maximum atomic E-state index is 9.34. The summed E-state index contributed by atoms with van der Waals surface area (Å²) in [5, 5.41) is 21.1. The van der Waals surface area contributed by atoms with Crippen molar-refractivity contribution < 1.29 is 10.3 Å². The average molecular weight is 238 g/mol. The van der Waals surface area contributed by atoms with Crippen LogP contribution in [0.2, 0.25) is 0 Å². The Morgan fingerprint density at radius 2 is 2.24 bits per heavy atom. The van der Waals surface area contributed by atoms with Crippen LogP contribution >= 0.6 is 0 Å². The molecule has 1 aromatic rings. The van der Waals surface area contributed by atoms with Crippen LogP contribution in [-0.2, 0) is 0 Å². The lowest BCUT2D eigenvalue weighted by Crippen LogP contribution is -2.45. The highest BCUT2D eigenvalue weighted by Gasteiger charge is 2.25. The lowest BCUT2D eigenvalue weighted by Gasteiger charge is -2.36. The number of anilines is 1. The highest BCUT2D eigenvalue weighted by Crippen LogP contribution is 2.24. The van der Waals surface area contributed by atoms with Crippen molar-refractivity contribution in [3.8, 4) is 0 Å². The number of aliphatic hydroxyl groups excluding tert-OH is 1. The van der Waals surface area contributed by atoms with Gasteiger partial charge in [0.15, 0.2) is 5.84 Å². The van der Waals surface area contributed by atoms with Gasteiger partial charge in [0.1, 0.15) is 0 Å². The van der Waals surface area contributed by atoms with Crippen LogP contribution < -0.4 is 10.6 Å². The van der Waals surface area contributed by atoms with E-state index in [0.29, 0.717) is 11.3 Å². The Balaban J connectivity index is 3.23. The zero-order valence-electron chi connectivity index (χ0n) is 10.3. The summed E-state index contributed by atoms with van der Waals surface area (Å²) in [6.45, 7) is 3.75. The van der Waals surface area contributed by atoms with E-state index in [9.17, 15) is 5.11 Å². The molecule has 4 N–H and O–H groups in total. The van der Waals surface area contributed by atoms with Crippen LogP contribution in [0.15, 0.2) is 23.6 Å². The number of hydrogen-bond donors (Lipinski definition) is 3. The van der Waals surface area contributed by atoms with Gasteiger partial charge in [0.05, 0.1) is 24.0 Å². The number of pyridine rings is 1. The summed E-state index contributed by atoms with van der Waals surface area (Å²) in [7, 11) is 1.82. The van der Waals surface area contributed by atoms with Gasteiger partial charge < -0.3 is 20.9 Å². The number of likely N-dealkylation sites (N-methyl/N-ethyl adjacent to an activating group) is 1. The van der Waals surface area contributed by atoms with Gasteiger partial charge >= 0.3 is 0 Å². The first-order valence-electron chi connectivity index (χ1n) is 5.20. The maximum absolute atomic E-state index is 9.34. The van der Waals surface area contributed by atoms with E-state index in [1.54, 1.807) is 18.5 Å². The number of amidine groups is 1. The molecule has 0 fully saturated rings. The van der Waals surface area contributed by atoms with E-state index in [2.05, 4.69) is 10.1 Å². The van der Waals surface area contributed by atoms with Gasteiger partial charge in [-0.15, -0.1) is 0 Å². The molecule has 0 atom stereocenters. The van der Waals surface area contributed by atoms with Crippen LogP contribution in [0.3, 0.4) is 0 Å². The molecule has 0 spiro atoms. The van der Waals surface area contributed by atoms with E-state index < -0.39 is 5.54 Å². The van der Waals surface area contributed by atoms with Crippen LogP contribution in [0, 0.1) is 0 Å². The van der Waals surface area contributed by atoms with Crippen molar-refractivity contribution in [1.82, 2.24) is 4.98 Å². The Kier molecular flexibility index (Phi) is 3.90. The number of aromatic nitrogens is 1. The quantitative estimate of drug-likeness (QED) is 0.305. The van der Waals surface area contributed by atoms with Gasteiger partial charge in [-0.2, -0.15) is 0 Å².